The Morgan fingerprint density at radius 3 is 2.56 bits per heavy atom. The quantitative estimate of drug-likeness (QED) is 0.250. The zero-order valence-electron chi connectivity index (χ0n) is 17.8. The summed E-state index contributed by atoms with van der Waals surface area (Å²) < 4.78 is 12.8. The van der Waals surface area contributed by atoms with Crippen molar-refractivity contribution in [2.75, 3.05) is 14.2 Å². The lowest BCUT2D eigenvalue weighted by Gasteiger charge is -2.09. The SMILES string of the molecule is COc1ccc(CN/N=C\c2cn(Cc3ccc(Cl)cc3Cl)c3ccccc23)cc1OC. The van der Waals surface area contributed by atoms with E-state index >= 15 is 0 Å². The number of aromatic nitrogens is 1. The molecule has 0 aliphatic heterocycles. The van der Waals surface area contributed by atoms with Gasteiger partial charge in [0.25, 0.3) is 0 Å². The van der Waals surface area contributed by atoms with Crippen LogP contribution in [0, 0.1) is 0 Å². The van der Waals surface area contributed by atoms with Crippen LogP contribution in [-0.4, -0.2) is 25.0 Å². The molecule has 3 aromatic carbocycles. The average molecular weight is 468 g/mol. The van der Waals surface area contributed by atoms with Crippen LogP contribution in [0.3, 0.4) is 0 Å². The largest absolute Gasteiger partial charge is 0.493 e. The van der Waals surface area contributed by atoms with Gasteiger partial charge in [-0.05, 0) is 41.5 Å². The van der Waals surface area contributed by atoms with E-state index in [1.54, 1.807) is 20.3 Å². The lowest BCUT2D eigenvalue weighted by molar-refractivity contribution is 0.354. The Balaban J connectivity index is 1.51. The average Bonchev–Trinajstić information content (AvgIpc) is 3.16. The molecule has 1 heterocycles. The van der Waals surface area contributed by atoms with Gasteiger partial charge in [-0.25, -0.2) is 0 Å². The fourth-order valence-electron chi connectivity index (χ4n) is 3.59. The molecule has 1 N–H and O–H groups in total. The molecule has 0 saturated carbocycles. The molecule has 0 aliphatic rings. The van der Waals surface area contributed by atoms with Crippen molar-refractivity contribution < 1.29 is 9.47 Å². The highest BCUT2D eigenvalue weighted by Crippen LogP contribution is 2.28. The highest BCUT2D eigenvalue weighted by molar-refractivity contribution is 6.35. The molecule has 7 heteroatoms. The topological polar surface area (TPSA) is 47.8 Å². The van der Waals surface area contributed by atoms with E-state index < -0.39 is 0 Å². The molecule has 5 nitrogen and oxygen atoms in total. The summed E-state index contributed by atoms with van der Waals surface area (Å²) in [5.74, 6) is 1.40. The summed E-state index contributed by atoms with van der Waals surface area (Å²) in [6.45, 7) is 1.21. The Morgan fingerprint density at radius 1 is 0.969 bits per heavy atom. The molecule has 0 amide bonds. The van der Waals surface area contributed by atoms with Crippen molar-refractivity contribution in [3.63, 3.8) is 0 Å². The van der Waals surface area contributed by atoms with Gasteiger partial charge in [0.2, 0.25) is 0 Å². The molecule has 4 aromatic rings. The minimum Gasteiger partial charge on any atom is -0.493 e. The van der Waals surface area contributed by atoms with Gasteiger partial charge in [0, 0.05) is 39.3 Å². The number of fused-ring (bicyclic) bond motifs is 1. The summed E-state index contributed by atoms with van der Waals surface area (Å²) in [5, 5.41) is 6.83. The number of hydrogen-bond acceptors (Lipinski definition) is 4. The number of nitrogens with zero attached hydrogens (tertiary/aromatic N) is 2. The Morgan fingerprint density at radius 2 is 1.78 bits per heavy atom. The molecule has 4 rings (SSSR count). The number of halogens is 2. The number of methoxy groups -OCH3 is 2. The third-order valence-electron chi connectivity index (χ3n) is 5.20. The van der Waals surface area contributed by atoms with E-state index in [0.29, 0.717) is 34.6 Å². The number of hydrazone groups is 1. The standard InChI is InChI=1S/C25H23Cl2N3O2/c1-31-24-10-7-17(11-25(24)32-2)13-28-29-14-19-16-30(23-6-4-3-5-21(19)23)15-18-8-9-20(26)12-22(18)27/h3-12,14,16,28H,13,15H2,1-2H3/b29-14-. The van der Waals surface area contributed by atoms with Gasteiger partial charge in [-0.3, -0.25) is 0 Å². The zero-order valence-corrected chi connectivity index (χ0v) is 19.3. The first kappa shape index (κ1) is 22.1. The highest BCUT2D eigenvalue weighted by atomic mass is 35.5. The van der Waals surface area contributed by atoms with Crippen LogP contribution in [-0.2, 0) is 13.1 Å². The summed E-state index contributed by atoms with van der Waals surface area (Å²) in [4.78, 5) is 0. The van der Waals surface area contributed by atoms with E-state index in [4.69, 9.17) is 32.7 Å². The van der Waals surface area contributed by atoms with Crippen LogP contribution >= 0.6 is 23.2 Å². The Hall–Kier alpha value is -3.15. The van der Waals surface area contributed by atoms with Gasteiger partial charge in [-0.2, -0.15) is 5.10 Å². The second-order valence-corrected chi connectivity index (χ2v) is 8.09. The van der Waals surface area contributed by atoms with Crippen molar-refractivity contribution in [3.05, 3.63) is 93.6 Å². The highest BCUT2D eigenvalue weighted by Gasteiger charge is 2.09. The second-order valence-electron chi connectivity index (χ2n) is 7.25. The van der Waals surface area contributed by atoms with Crippen LogP contribution in [0.1, 0.15) is 16.7 Å². The summed E-state index contributed by atoms with van der Waals surface area (Å²) in [7, 11) is 3.25. The van der Waals surface area contributed by atoms with Gasteiger partial charge in [0.05, 0.1) is 27.0 Å². The third-order valence-corrected chi connectivity index (χ3v) is 5.79. The van der Waals surface area contributed by atoms with Gasteiger partial charge in [-0.15, -0.1) is 0 Å². The number of hydrogen-bond donors (Lipinski definition) is 1. The Kier molecular flexibility index (Phi) is 6.88. The van der Waals surface area contributed by atoms with E-state index in [-0.39, 0.29) is 0 Å². The molecule has 0 radical (unpaired) electrons. The van der Waals surface area contributed by atoms with E-state index in [9.17, 15) is 0 Å². The van der Waals surface area contributed by atoms with Crippen LogP contribution in [0.15, 0.2) is 72.0 Å². The number of para-hydroxylation sites is 1. The first-order chi connectivity index (χ1) is 15.6. The minimum atomic E-state index is 0.565. The molecule has 0 saturated heterocycles. The maximum absolute atomic E-state index is 6.39. The van der Waals surface area contributed by atoms with Crippen molar-refractivity contribution in [3.8, 4) is 11.5 Å². The lowest BCUT2D eigenvalue weighted by atomic mass is 10.2. The Bertz CT molecular complexity index is 1270. The molecule has 0 aliphatic carbocycles. The molecule has 0 fully saturated rings. The monoisotopic (exact) mass is 467 g/mol. The summed E-state index contributed by atoms with van der Waals surface area (Å²) in [6.07, 6.45) is 3.92. The summed E-state index contributed by atoms with van der Waals surface area (Å²) >= 11 is 12.4. The van der Waals surface area contributed by atoms with Crippen LogP contribution in [0.2, 0.25) is 10.0 Å². The molecule has 1 aromatic heterocycles. The van der Waals surface area contributed by atoms with Crippen molar-refractivity contribution in [2.24, 2.45) is 5.10 Å². The van der Waals surface area contributed by atoms with Gasteiger partial charge >= 0.3 is 0 Å². The van der Waals surface area contributed by atoms with Gasteiger partial charge in [-0.1, -0.05) is 53.5 Å². The van der Waals surface area contributed by atoms with Gasteiger partial charge in [0.1, 0.15) is 0 Å². The van der Waals surface area contributed by atoms with E-state index in [2.05, 4.69) is 33.4 Å². The minimum absolute atomic E-state index is 0.565. The van der Waals surface area contributed by atoms with E-state index in [0.717, 1.165) is 27.6 Å². The maximum Gasteiger partial charge on any atom is 0.161 e. The first-order valence-corrected chi connectivity index (χ1v) is 10.8. The summed E-state index contributed by atoms with van der Waals surface area (Å²) in [6, 6.07) is 19.6. The zero-order chi connectivity index (χ0) is 22.5. The van der Waals surface area contributed by atoms with Crippen molar-refractivity contribution in [1.82, 2.24) is 9.99 Å². The van der Waals surface area contributed by atoms with Crippen LogP contribution in [0.25, 0.3) is 10.9 Å². The number of nitrogens with one attached hydrogen (secondary N) is 1. The predicted octanol–water partition coefficient (Wildman–Crippen LogP) is 6.14. The molecular formula is C25H23Cl2N3O2. The van der Waals surface area contributed by atoms with Crippen LogP contribution in [0.4, 0.5) is 0 Å². The van der Waals surface area contributed by atoms with Gasteiger partial charge in [0.15, 0.2) is 11.5 Å². The predicted molar refractivity (Wildman–Crippen MR) is 131 cm³/mol. The number of ether oxygens (including phenoxy) is 2. The molecular weight excluding hydrogens is 445 g/mol. The molecule has 164 valence electrons. The third kappa shape index (κ3) is 4.85. The normalized spacial score (nSPS) is 11.2. The smallest absolute Gasteiger partial charge is 0.161 e. The van der Waals surface area contributed by atoms with E-state index in [1.165, 1.54) is 0 Å². The Labute approximate surface area is 197 Å². The van der Waals surface area contributed by atoms with Crippen molar-refractivity contribution >= 4 is 40.3 Å². The van der Waals surface area contributed by atoms with Gasteiger partial charge < -0.3 is 19.5 Å². The maximum atomic E-state index is 6.39. The molecule has 0 spiro atoms. The second kappa shape index (κ2) is 9.98. The van der Waals surface area contributed by atoms with Crippen LogP contribution in [0.5, 0.6) is 11.5 Å². The number of benzene rings is 3. The molecule has 0 atom stereocenters. The number of rotatable bonds is 8. The summed E-state index contributed by atoms with van der Waals surface area (Å²) in [5.41, 5.74) is 7.28. The fourth-order valence-corrected chi connectivity index (χ4v) is 4.05. The first-order valence-electron chi connectivity index (χ1n) is 10.1. The van der Waals surface area contributed by atoms with E-state index in [1.807, 2.05) is 48.7 Å². The fraction of sp³-hybridized carbons (Fsp3) is 0.160. The lowest BCUT2D eigenvalue weighted by Crippen LogP contribution is -2.06. The van der Waals surface area contributed by atoms with Crippen molar-refractivity contribution in [2.45, 2.75) is 13.1 Å². The molecule has 0 bridgehead atoms. The van der Waals surface area contributed by atoms with Crippen LogP contribution < -0.4 is 14.9 Å². The molecule has 0 unspecified atom stereocenters. The van der Waals surface area contributed by atoms with Crippen molar-refractivity contribution in [1.29, 1.82) is 0 Å². The molecule has 32 heavy (non-hydrogen) atoms.